The fourth-order valence-electron chi connectivity index (χ4n) is 3.70. The van der Waals surface area contributed by atoms with Gasteiger partial charge in [0.25, 0.3) is 0 Å². The molecule has 0 saturated carbocycles. The summed E-state index contributed by atoms with van der Waals surface area (Å²) in [6.45, 7) is 2.55. The van der Waals surface area contributed by atoms with Crippen molar-refractivity contribution >= 4 is 23.2 Å². The number of carboxylic acid groups (broad SMARTS) is 1. The molecule has 1 fully saturated rings. The summed E-state index contributed by atoms with van der Waals surface area (Å²) in [4.78, 5) is 18.7. The van der Waals surface area contributed by atoms with Gasteiger partial charge in [0.1, 0.15) is 5.84 Å². The first-order chi connectivity index (χ1) is 12.7. The number of fused-ring (bicyclic) bond motifs is 1. The highest BCUT2D eigenvalue weighted by Gasteiger charge is 2.36. The lowest BCUT2D eigenvalue weighted by molar-refractivity contribution is -0.137. The minimum Gasteiger partial charge on any atom is -0.481 e. The molecule has 2 aliphatic rings. The number of amidine groups is 1. The van der Waals surface area contributed by atoms with Crippen LogP contribution in [0.4, 0.5) is 11.4 Å². The smallest absolute Gasteiger partial charge is 0.305 e. The zero-order chi connectivity index (χ0) is 17.9. The van der Waals surface area contributed by atoms with Gasteiger partial charge >= 0.3 is 5.97 Å². The van der Waals surface area contributed by atoms with Crippen LogP contribution in [0.25, 0.3) is 0 Å². The van der Waals surface area contributed by atoms with E-state index >= 15 is 0 Å². The molecule has 1 saturated heterocycles. The maximum absolute atomic E-state index is 11.6. The second-order valence-corrected chi connectivity index (χ2v) is 6.56. The molecule has 134 valence electrons. The Balaban J connectivity index is 1.85. The van der Waals surface area contributed by atoms with Gasteiger partial charge in [-0.25, -0.2) is 4.99 Å². The number of aliphatic imine (C=N–C) groups is 1. The number of piperazine rings is 1. The minimum atomic E-state index is -0.818. The molecule has 26 heavy (non-hydrogen) atoms. The summed E-state index contributed by atoms with van der Waals surface area (Å²) in [6.07, 6.45) is 0.0189. The van der Waals surface area contributed by atoms with Gasteiger partial charge in [-0.15, -0.1) is 0 Å². The second-order valence-electron chi connectivity index (χ2n) is 6.56. The SMILES string of the molecule is O=C(O)CC1c2ccccc2N=C(C2CNCCN2)N1c1ccccc1. The average Bonchev–Trinajstić information content (AvgIpc) is 2.68. The molecule has 0 aliphatic carbocycles. The largest absolute Gasteiger partial charge is 0.481 e. The number of anilines is 1. The van der Waals surface area contributed by atoms with Gasteiger partial charge in [0.15, 0.2) is 0 Å². The first-order valence-corrected chi connectivity index (χ1v) is 8.92. The van der Waals surface area contributed by atoms with Crippen molar-refractivity contribution in [3.63, 3.8) is 0 Å². The lowest BCUT2D eigenvalue weighted by atomic mass is 9.95. The molecule has 2 atom stereocenters. The third-order valence-electron chi connectivity index (χ3n) is 4.84. The van der Waals surface area contributed by atoms with Crippen LogP contribution in [0.1, 0.15) is 18.0 Å². The number of carbonyl (C=O) groups is 1. The molecule has 2 aromatic rings. The Morgan fingerprint density at radius 1 is 1.12 bits per heavy atom. The van der Waals surface area contributed by atoms with Crippen LogP contribution < -0.4 is 15.5 Å². The molecule has 2 unspecified atom stereocenters. The summed E-state index contributed by atoms with van der Waals surface area (Å²) in [5.41, 5.74) is 2.76. The fraction of sp³-hybridized carbons (Fsp3) is 0.300. The average molecular weight is 350 g/mol. The molecular formula is C20H22N4O2. The van der Waals surface area contributed by atoms with Crippen LogP contribution in [-0.4, -0.2) is 42.6 Å². The van der Waals surface area contributed by atoms with Gasteiger partial charge in [-0.2, -0.15) is 0 Å². The number of nitrogens with zero attached hydrogens (tertiary/aromatic N) is 2. The van der Waals surface area contributed by atoms with E-state index in [2.05, 4.69) is 15.5 Å². The fourth-order valence-corrected chi connectivity index (χ4v) is 3.70. The Kier molecular flexibility index (Phi) is 4.69. The molecular weight excluding hydrogens is 328 g/mol. The second kappa shape index (κ2) is 7.27. The molecule has 3 N–H and O–H groups in total. The highest BCUT2D eigenvalue weighted by atomic mass is 16.4. The molecule has 0 bridgehead atoms. The lowest BCUT2D eigenvalue weighted by Gasteiger charge is -2.41. The zero-order valence-electron chi connectivity index (χ0n) is 14.4. The topological polar surface area (TPSA) is 77.0 Å². The predicted octanol–water partition coefficient (Wildman–Crippen LogP) is 2.31. The Morgan fingerprint density at radius 3 is 2.62 bits per heavy atom. The van der Waals surface area contributed by atoms with Crippen LogP contribution in [-0.2, 0) is 4.79 Å². The molecule has 6 heteroatoms. The number of para-hydroxylation sites is 2. The van der Waals surface area contributed by atoms with Crippen molar-refractivity contribution in [3.05, 3.63) is 60.2 Å². The first-order valence-electron chi connectivity index (χ1n) is 8.92. The molecule has 0 aromatic heterocycles. The van der Waals surface area contributed by atoms with Crippen molar-refractivity contribution in [1.82, 2.24) is 10.6 Å². The predicted molar refractivity (Wildman–Crippen MR) is 102 cm³/mol. The molecule has 2 aromatic carbocycles. The van der Waals surface area contributed by atoms with E-state index in [1.54, 1.807) is 0 Å². The number of hydrogen-bond acceptors (Lipinski definition) is 5. The van der Waals surface area contributed by atoms with Crippen LogP contribution in [0.15, 0.2) is 59.6 Å². The number of aliphatic carboxylic acids is 1. The summed E-state index contributed by atoms with van der Waals surface area (Å²) in [6, 6.07) is 17.5. The van der Waals surface area contributed by atoms with Crippen molar-refractivity contribution in [1.29, 1.82) is 0 Å². The summed E-state index contributed by atoms with van der Waals surface area (Å²) in [7, 11) is 0. The Hall–Kier alpha value is -2.70. The molecule has 2 heterocycles. The van der Waals surface area contributed by atoms with Crippen molar-refractivity contribution in [3.8, 4) is 0 Å². The van der Waals surface area contributed by atoms with Crippen LogP contribution in [0.2, 0.25) is 0 Å². The van der Waals surface area contributed by atoms with E-state index in [9.17, 15) is 9.90 Å². The number of carboxylic acids is 1. The van der Waals surface area contributed by atoms with Gasteiger partial charge in [-0.05, 0) is 18.2 Å². The normalized spacial score (nSPS) is 22.5. The van der Waals surface area contributed by atoms with Crippen molar-refractivity contribution < 1.29 is 9.90 Å². The quantitative estimate of drug-likeness (QED) is 0.789. The highest BCUT2D eigenvalue weighted by Crippen LogP contribution is 2.40. The lowest BCUT2D eigenvalue weighted by Crippen LogP contribution is -2.58. The summed E-state index contributed by atoms with van der Waals surface area (Å²) in [5.74, 6) is 0.0510. The Morgan fingerprint density at radius 2 is 1.88 bits per heavy atom. The maximum Gasteiger partial charge on any atom is 0.305 e. The molecule has 0 radical (unpaired) electrons. The van der Waals surface area contributed by atoms with E-state index < -0.39 is 5.97 Å². The van der Waals surface area contributed by atoms with Crippen LogP contribution in [0, 0.1) is 0 Å². The van der Waals surface area contributed by atoms with Gasteiger partial charge in [0.2, 0.25) is 0 Å². The van der Waals surface area contributed by atoms with Crippen LogP contribution in [0.5, 0.6) is 0 Å². The number of nitrogens with one attached hydrogen (secondary N) is 2. The van der Waals surface area contributed by atoms with Gasteiger partial charge in [0.05, 0.1) is 24.2 Å². The highest BCUT2D eigenvalue weighted by molar-refractivity contribution is 6.05. The number of rotatable bonds is 4. The summed E-state index contributed by atoms with van der Waals surface area (Å²) in [5, 5.41) is 16.5. The van der Waals surface area contributed by atoms with E-state index in [0.29, 0.717) is 0 Å². The summed E-state index contributed by atoms with van der Waals surface area (Å²) < 4.78 is 0. The minimum absolute atomic E-state index is 0.0189. The number of hydrogen-bond donors (Lipinski definition) is 3. The molecule has 6 nitrogen and oxygen atoms in total. The van der Waals surface area contributed by atoms with Crippen molar-refractivity contribution in [2.75, 3.05) is 24.5 Å². The molecule has 4 rings (SSSR count). The summed E-state index contributed by atoms with van der Waals surface area (Å²) >= 11 is 0. The van der Waals surface area contributed by atoms with Gasteiger partial charge in [0, 0.05) is 30.9 Å². The van der Waals surface area contributed by atoms with Gasteiger partial charge < -0.3 is 20.6 Å². The van der Waals surface area contributed by atoms with Crippen LogP contribution >= 0.6 is 0 Å². The van der Waals surface area contributed by atoms with Gasteiger partial charge in [-0.1, -0.05) is 36.4 Å². The Bertz CT molecular complexity index is 816. The van der Waals surface area contributed by atoms with Crippen molar-refractivity contribution in [2.45, 2.75) is 18.5 Å². The Labute approximate surface area is 152 Å². The van der Waals surface area contributed by atoms with E-state index in [1.807, 2.05) is 54.6 Å². The van der Waals surface area contributed by atoms with E-state index in [1.165, 1.54) is 0 Å². The monoisotopic (exact) mass is 350 g/mol. The third-order valence-corrected chi connectivity index (χ3v) is 4.84. The molecule has 0 spiro atoms. The van der Waals surface area contributed by atoms with E-state index in [-0.39, 0.29) is 18.5 Å². The van der Waals surface area contributed by atoms with E-state index in [4.69, 9.17) is 4.99 Å². The van der Waals surface area contributed by atoms with Crippen molar-refractivity contribution in [2.24, 2.45) is 4.99 Å². The maximum atomic E-state index is 11.6. The first kappa shape index (κ1) is 16.8. The standard InChI is InChI=1S/C20H22N4O2/c25-19(26)12-18-15-8-4-5-9-16(15)23-20(17-13-21-10-11-22-17)24(18)14-6-2-1-3-7-14/h1-9,17-18,21-22H,10-13H2,(H,25,26). The number of benzene rings is 2. The molecule has 2 aliphatic heterocycles. The third kappa shape index (κ3) is 3.21. The molecule has 0 amide bonds. The van der Waals surface area contributed by atoms with E-state index in [0.717, 1.165) is 42.4 Å². The zero-order valence-corrected chi connectivity index (χ0v) is 14.4. The van der Waals surface area contributed by atoms with Crippen LogP contribution in [0.3, 0.4) is 0 Å². The van der Waals surface area contributed by atoms with Gasteiger partial charge in [-0.3, -0.25) is 4.79 Å².